The predicted octanol–water partition coefficient (Wildman–Crippen LogP) is 6.21. The van der Waals surface area contributed by atoms with Crippen LogP contribution in [0.2, 0.25) is 0 Å². The summed E-state index contributed by atoms with van der Waals surface area (Å²) >= 11 is 4.46. The molecule has 4 aromatic rings. The smallest absolute Gasteiger partial charge is 0.356 e. The number of halogens is 2. The average Bonchev–Trinajstić information content (AvgIpc) is 3.46. The molecule has 228 valence electrons. The minimum Gasteiger partial charge on any atom is -0.476 e. The molecule has 0 spiro atoms. The Balaban J connectivity index is 0.000000192. The van der Waals surface area contributed by atoms with E-state index in [9.17, 15) is 14.7 Å². The first kappa shape index (κ1) is 33.0. The summed E-state index contributed by atoms with van der Waals surface area (Å²) in [4.78, 5) is 31.8. The number of nitrogens with zero attached hydrogens (tertiary/aromatic N) is 6. The molecule has 0 atom stereocenters. The summed E-state index contributed by atoms with van der Waals surface area (Å²) < 4.78 is 5.63. The molecule has 0 aromatic carbocycles. The highest BCUT2D eigenvalue weighted by molar-refractivity contribution is 14.1. The lowest BCUT2D eigenvalue weighted by atomic mass is 9.76. The molecule has 43 heavy (non-hydrogen) atoms. The van der Waals surface area contributed by atoms with Crippen molar-refractivity contribution in [2.75, 3.05) is 0 Å². The van der Waals surface area contributed by atoms with Crippen LogP contribution in [0.15, 0.2) is 36.7 Å². The lowest BCUT2D eigenvalue weighted by Gasteiger charge is -2.30. The minimum atomic E-state index is -0.963. The number of amides is 1. The Morgan fingerprint density at radius 2 is 1.23 bits per heavy atom. The van der Waals surface area contributed by atoms with Gasteiger partial charge in [-0.1, -0.05) is 35.1 Å². The van der Waals surface area contributed by atoms with Crippen molar-refractivity contribution in [1.82, 2.24) is 29.5 Å². The number of nitrogens with two attached hydrogens (primary N) is 1. The van der Waals surface area contributed by atoms with Gasteiger partial charge in [0.15, 0.2) is 23.0 Å². The van der Waals surface area contributed by atoms with Crippen LogP contribution in [0.5, 0.6) is 0 Å². The van der Waals surface area contributed by atoms with Gasteiger partial charge in [0.25, 0.3) is 5.91 Å². The molecule has 2 aliphatic rings. The maximum absolute atomic E-state index is 11.7. The van der Waals surface area contributed by atoms with Crippen LogP contribution in [0.3, 0.4) is 0 Å². The molecule has 0 aliphatic heterocycles. The number of pyridine rings is 2. The Morgan fingerprint density at radius 3 is 1.63 bits per heavy atom. The quantitative estimate of drug-likeness (QED) is 0.234. The van der Waals surface area contributed by atoms with E-state index >= 15 is 0 Å². The van der Waals surface area contributed by atoms with Gasteiger partial charge in [0.2, 0.25) is 0 Å². The van der Waals surface area contributed by atoms with E-state index in [1.165, 1.54) is 0 Å². The first-order chi connectivity index (χ1) is 19.7. The summed E-state index contributed by atoms with van der Waals surface area (Å²) in [7, 11) is 0. The fourth-order valence-electron chi connectivity index (χ4n) is 5.64. The van der Waals surface area contributed by atoms with E-state index in [1.54, 1.807) is 21.8 Å². The van der Waals surface area contributed by atoms with Gasteiger partial charge in [-0.2, -0.15) is 10.2 Å². The van der Waals surface area contributed by atoms with Crippen molar-refractivity contribution in [3.63, 3.8) is 0 Å². The summed E-state index contributed by atoms with van der Waals surface area (Å²) in [5, 5.41) is 18.2. The van der Waals surface area contributed by atoms with Gasteiger partial charge in [-0.05, 0) is 119 Å². The summed E-state index contributed by atoms with van der Waals surface area (Å²) in [6.07, 6.45) is 8.77. The van der Waals surface area contributed by atoms with Crippen molar-refractivity contribution in [2.45, 2.75) is 73.6 Å². The van der Waals surface area contributed by atoms with E-state index < -0.39 is 11.9 Å². The van der Waals surface area contributed by atoms with Crippen LogP contribution in [-0.4, -0.2) is 46.5 Å². The maximum atomic E-state index is 11.7. The molecule has 2 aliphatic carbocycles. The minimum absolute atomic E-state index is 0. The Bertz CT molecular complexity index is 1570. The molecule has 0 fully saturated rings. The van der Waals surface area contributed by atoms with Gasteiger partial charge in [0.1, 0.15) is 0 Å². The molecule has 4 aromatic heterocycles. The zero-order valence-corrected chi connectivity index (χ0v) is 28.3. The van der Waals surface area contributed by atoms with Gasteiger partial charge in [-0.25, -0.2) is 24.1 Å². The van der Waals surface area contributed by atoms with Crippen LogP contribution < -0.4 is 5.73 Å². The van der Waals surface area contributed by atoms with E-state index in [2.05, 4.69) is 93.0 Å². The van der Waals surface area contributed by atoms with Gasteiger partial charge in [-0.3, -0.25) is 4.79 Å². The first-order valence-corrected chi connectivity index (χ1v) is 15.9. The molecule has 3 N–H and O–H groups in total. The van der Waals surface area contributed by atoms with Crippen LogP contribution in [0.25, 0.3) is 11.6 Å². The van der Waals surface area contributed by atoms with Crippen LogP contribution in [0, 0.1) is 18.0 Å². The van der Waals surface area contributed by atoms with Crippen molar-refractivity contribution < 1.29 is 14.7 Å². The normalized spacial score (nSPS) is 16.1. The Morgan fingerprint density at radius 1 is 0.814 bits per heavy atom. The van der Waals surface area contributed by atoms with Crippen LogP contribution in [0.4, 0.5) is 0 Å². The fourth-order valence-corrected chi connectivity index (χ4v) is 6.52. The van der Waals surface area contributed by atoms with Gasteiger partial charge in [0, 0.05) is 30.7 Å². The molecule has 12 heteroatoms. The number of hydrogen-bond donors (Lipinski definition) is 2. The number of carboxylic acid groups (broad SMARTS) is 1. The molecule has 6 rings (SSSR count). The lowest BCUT2D eigenvalue weighted by molar-refractivity contribution is 0.0688. The average molecular weight is 809 g/mol. The second-order valence-electron chi connectivity index (χ2n) is 12.4. The second-order valence-corrected chi connectivity index (χ2v) is 14.9. The maximum Gasteiger partial charge on any atom is 0.356 e. The van der Waals surface area contributed by atoms with Crippen molar-refractivity contribution in [3.8, 4) is 11.6 Å². The molecular formula is C31H37I2N7O3. The zero-order valence-electron chi connectivity index (χ0n) is 24.0. The Hall–Kier alpha value is -2.88. The summed E-state index contributed by atoms with van der Waals surface area (Å²) in [5.74, 6) is -0.00244. The number of carbonyl (C=O) groups is 2. The third-order valence-corrected chi connectivity index (χ3v) is 9.20. The van der Waals surface area contributed by atoms with Crippen molar-refractivity contribution in [1.29, 1.82) is 0 Å². The van der Waals surface area contributed by atoms with Gasteiger partial charge >= 0.3 is 5.97 Å². The highest BCUT2D eigenvalue weighted by Gasteiger charge is 2.34. The number of rotatable bonds is 4. The topological polar surface area (TPSA) is 142 Å². The third kappa shape index (κ3) is 7.10. The van der Waals surface area contributed by atoms with E-state index in [0.29, 0.717) is 11.5 Å². The monoisotopic (exact) mass is 809 g/mol. The number of hydrogen-bond acceptors (Lipinski definition) is 6. The number of aromatic carboxylic acids is 1. The number of carbonyl (C=O) groups excluding carboxylic acids is 1. The van der Waals surface area contributed by atoms with Crippen molar-refractivity contribution in [2.24, 2.45) is 16.6 Å². The molecule has 0 saturated heterocycles. The number of aromatic nitrogens is 6. The van der Waals surface area contributed by atoms with E-state index in [1.807, 2.05) is 24.3 Å². The molecule has 0 saturated carbocycles. The largest absolute Gasteiger partial charge is 0.476 e. The van der Waals surface area contributed by atoms with Crippen LogP contribution >= 0.6 is 45.2 Å². The first-order valence-electron chi connectivity index (χ1n) is 13.7. The van der Waals surface area contributed by atoms with Crippen LogP contribution in [0.1, 0.15) is 91.5 Å². The predicted molar refractivity (Wildman–Crippen MR) is 182 cm³/mol. The SMILES string of the molecule is C.CC1(C)CCc2c(C(=O)O)nn(-c3cc(I)ccn3)c2C1.CC1(C)CCc2c(C(N)=O)nn(-c3cc(I)ccn3)c2C1. The molecule has 1 amide bonds. The molecule has 0 unspecified atom stereocenters. The highest BCUT2D eigenvalue weighted by atomic mass is 127. The standard InChI is InChI=1S/C15H17IN4O.C15H16IN3O2.CH4/c1-15(2)5-3-10-11(8-15)20(19-13(10)14(17)21)12-7-9(16)4-6-18-12;1-15(2)5-3-10-11(8-15)19(18-13(10)14(20)21)12-7-9(16)4-6-17-12;/h4,6-7H,3,5,8H2,1-2H3,(H2,17,21);4,6-7H,3,5,8H2,1-2H3,(H,20,21);1H4. The summed E-state index contributed by atoms with van der Waals surface area (Å²) in [6, 6.07) is 7.71. The lowest BCUT2D eigenvalue weighted by Crippen LogP contribution is -2.24. The third-order valence-electron chi connectivity index (χ3n) is 7.86. The molecule has 10 nitrogen and oxygen atoms in total. The van der Waals surface area contributed by atoms with Gasteiger partial charge < -0.3 is 10.8 Å². The Kier molecular flexibility index (Phi) is 9.69. The zero-order chi connectivity index (χ0) is 30.4. The number of primary amides is 1. The van der Waals surface area contributed by atoms with Crippen molar-refractivity contribution >= 4 is 57.1 Å². The van der Waals surface area contributed by atoms with E-state index in [4.69, 9.17) is 5.73 Å². The molecule has 0 bridgehead atoms. The highest BCUT2D eigenvalue weighted by Crippen LogP contribution is 2.38. The van der Waals surface area contributed by atoms with Gasteiger partial charge in [0.05, 0.1) is 11.4 Å². The van der Waals surface area contributed by atoms with Crippen molar-refractivity contribution in [3.05, 3.63) is 77.7 Å². The second kappa shape index (κ2) is 12.6. The molecular weight excluding hydrogens is 772 g/mol. The van der Waals surface area contributed by atoms with E-state index in [0.717, 1.165) is 74.0 Å². The van der Waals surface area contributed by atoms with Crippen LogP contribution in [-0.2, 0) is 25.7 Å². The number of fused-ring (bicyclic) bond motifs is 2. The number of carboxylic acids is 1. The Labute approximate surface area is 279 Å². The summed E-state index contributed by atoms with van der Waals surface area (Å²) in [6.45, 7) is 8.88. The molecule has 4 heterocycles. The molecule has 0 radical (unpaired) electrons. The summed E-state index contributed by atoms with van der Waals surface area (Å²) in [5.41, 5.74) is 10.3. The fraction of sp³-hybridized carbons (Fsp3) is 0.419. The van der Waals surface area contributed by atoms with Gasteiger partial charge in [-0.15, -0.1) is 0 Å². The van der Waals surface area contributed by atoms with E-state index in [-0.39, 0.29) is 24.0 Å².